The van der Waals surface area contributed by atoms with Gasteiger partial charge >= 0.3 is 6.09 Å². The second-order valence-corrected chi connectivity index (χ2v) is 10.7. The van der Waals surface area contributed by atoms with Gasteiger partial charge < -0.3 is 19.5 Å². The topological polar surface area (TPSA) is 59.0 Å². The van der Waals surface area contributed by atoms with Crippen LogP contribution in [0.15, 0.2) is 12.2 Å². The minimum absolute atomic E-state index is 0.0936. The molecule has 1 heterocycles. The summed E-state index contributed by atoms with van der Waals surface area (Å²) in [6, 6.07) is -0.0936. The number of likely N-dealkylation sites (tertiary alicyclic amines) is 1. The number of aliphatic hydroxyl groups excluding tert-OH is 1. The summed E-state index contributed by atoms with van der Waals surface area (Å²) in [7, 11) is 0. The molecule has 0 aromatic carbocycles. The van der Waals surface area contributed by atoms with Crippen LogP contribution in [-0.2, 0) is 9.47 Å². The summed E-state index contributed by atoms with van der Waals surface area (Å²) in [5, 5.41) is 9.96. The summed E-state index contributed by atoms with van der Waals surface area (Å²) >= 11 is 0. The van der Waals surface area contributed by atoms with Gasteiger partial charge in [0.25, 0.3) is 0 Å². The number of unbranched alkanes of at least 4 members (excludes halogenated alkanes) is 12. The Labute approximate surface area is 204 Å². The van der Waals surface area contributed by atoms with E-state index in [0.29, 0.717) is 19.6 Å². The quantitative estimate of drug-likeness (QED) is 0.168. The van der Waals surface area contributed by atoms with Crippen LogP contribution in [0.25, 0.3) is 0 Å². The van der Waals surface area contributed by atoms with Crippen LogP contribution in [0.4, 0.5) is 4.79 Å². The van der Waals surface area contributed by atoms with Crippen LogP contribution >= 0.6 is 0 Å². The van der Waals surface area contributed by atoms with Crippen molar-refractivity contribution < 1.29 is 19.4 Å². The first-order valence-electron chi connectivity index (χ1n) is 13.7. The molecule has 0 bridgehead atoms. The van der Waals surface area contributed by atoms with Crippen LogP contribution in [0.2, 0.25) is 0 Å². The molecule has 0 aromatic heterocycles. The van der Waals surface area contributed by atoms with E-state index in [2.05, 4.69) is 19.1 Å². The van der Waals surface area contributed by atoms with Crippen molar-refractivity contribution in [3.8, 4) is 0 Å². The number of carbonyl (C=O) groups is 1. The number of hydrogen-bond donors (Lipinski definition) is 1. The van der Waals surface area contributed by atoms with Gasteiger partial charge in [-0.15, -0.1) is 0 Å². The second-order valence-electron chi connectivity index (χ2n) is 10.7. The molecule has 0 spiro atoms. The van der Waals surface area contributed by atoms with Crippen LogP contribution in [0, 0.1) is 0 Å². The van der Waals surface area contributed by atoms with E-state index < -0.39 is 11.7 Å². The fraction of sp³-hybridized carbons (Fsp3) is 0.893. The second kappa shape index (κ2) is 18.3. The molecular weight excluding hydrogens is 414 g/mol. The van der Waals surface area contributed by atoms with Gasteiger partial charge in [-0.1, -0.05) is 76.9 Å². The molecular formula is C28H53NO4. The number of nitrogens with zero attached hydrogens (tertiary/aromatic N) is 1. The fourth-order valence-electron chi connectivity index (χ4n) is 4.27. The van der Waals surface area contributed by atoms with E-state index in [4.69, 9.17) is 9.47 Å². The molecule has 0 saturated carbocycles. The van der Waals surface area contributed by atoms with Crippen LogP contribution < -0.4 is 0 Å². The standard InChI is InChI=1S/C28H53NO4/c1-5-6-7-8-9-10-11-12-13-14-15-16-17-18-19-20-21-32-24-25-22-26(30)23-29(25)27(31)33-28(2,3)4/h12-13,25-26,30H,5-11,14-24H2,1-4H3/b13-12+/t25-,26+/m0/s1. The number of carbonyl (C=O) groups excluding carboxylic acids is 1. The summed E-state index contributed by atoms with van der Waals surface area (Å²) in [6.07, 6.45) is 22.6. The van der Waals surface area contributed by atoms with E-state index in [-0.39, 0.29) is 12.1 Å². The smallest absolute Gasteiger partial charge is 0.410 e. The van der Waals surface area contributed by atoms with Crippen molar-refractivity contribution >= 4 is 6.09 Å². The van der Waals surface area contributed by atoms with Crippen molar-refractivity contribution in [2.45, 2.75) is 142 Å². The summed E-state index contributed by atoms with van der Waals surface area (Å²) in [4.78, 5) is 14.0. The van der Waals surface area contributed by atoms with Crippen molar-refractivity contribution in [2.24, 2.45) is 0 Å². The summed E-state index contributed by atoms with van der Waals surface area (Å²) < 4.78 is 11.3. The molecule has 1 aliphatic heterocycles. The molecule has 194 valence electrons. The van der Waals surface area contributed by atoms with E-state index in [1.54, 1.807) is 4.90 Å². The number of rotatable bonds is 18. The maximum atomic E-state index is 12.3. The normalized spacial score (nSPS) is 19.0. The zero-order chi connectivity index (χ0) is 24.4. The van der Waals surface area contributed by atoms with Crippen LogP contribution in [-0.4, -0.2) is 53.6 Å². The highest BCUT2D eigenvalue weighted by Crippen LogP contribution is 2.22. The number of aliphatic hydroxyl groups is 1. The first-order chi connectivity index (χ1) is 15.8. The van der Waals surface area contributed by atoms with Gasteiger partial charge in [0.15, 0.2) is 0 Å². The molecule has 0 aromatic rings. The lowest BCUT2D eigenvalue weighted by atomic mass is 10.1. The van der Waals surface area contributed by atoms with Crippen LogP contribution in [0.3, 0.4) is 0 Å². The molecule has 5 heteroatoms. The fourth-order valence-corrected chi connectivity index (χ4v) is 4.27. The molecule has 0 radical (unpaired) electrons. The molecule has 5 nitrogen and oxygen atoms in total. The average Bonchev–Trinajstić information content (AvgIpc) is 3.12. The molecule has 1 saturated heterocycles. The molecule has 2 atom stereocenters. The largest absolute Gasteiger partial charge is 0.444 e. The molecule has 1 fully saturated rings. The SMILES string of the molecule is CCCCCCCC/C=C/CCCCCCCCOC[C@@H]1C[C@@H](O)CN1C(=O)OC(C)(C)C. The Morgan fingerprint density at radius 3 is 2.03 bits per heavy atom. The van der Waals surface area contributed by atoms with Gasteiger partial charge in [-0.2, -0.15) is 0 Å². The third kappa shape index (κ3) is 16.2. The zero-order valence-corrected chi connectivity index (χ0v) is 22.2. The monoisotopic (exact) mass is 467 g/mol. The molecule has 0 unspecified atom stereocenters. The first-order valence-corrected chi connectivity index (χ1v) is 13.7. The summed E-state index contributed by atoms with van der Waals surface area (Å²) in [5.74, 6) is 0. The predicted molar refractivity (Wildman–Crippen MR) is 138 cm³/mol. The number of β-amino-alcohol motifs (C(OH)–C–C–N with tert-alkyl or cyclic N) is 1. The van der Waals surface area contributed by atoms with E-state index >= 15 is 0 Å². The third-order valence-electron chi connectivity index (χ3n) is 6.13. The Bertz CT molecular complexity index is 515. The van der Waals surface area contributed by atoms with E-state index in [1.165, 1.54) is 83.5 Å². The third-order valence-corrected chi connectivity index (χ3v) is 6.13. The Morgan fingerprint density at radius 2 is 1.45 bits per heavy atom. The molecule has 1 N–H and O–H groups in total. The lowest BCUT2D eigenvalue weighted by Gasteiger charge is -2.28. The average molecular weight is 468 g/mol. The van der Waals surface area contributed by atoms with Gasteiger partial charge in [0.05, 0.1) is 25.3 Å². The van der Waals surface area contributed by atoms with Gasteiger partial charge in [-0.3, -0.25) is 0 Å². The maximum absolute atomic E-state index is 12.3. The van der Waals surface area contributed by atoms with Gasteiger partial charge in [-0.25, -0.2) is 4.79 Å². The van der Waals surface area contributed by atoms with Gasteiger partial charge in [0.1, 0.15) is 5.60 Å². The number of hydrogen-bond acceptors (Lipinski definition) is 4. The van der Waals surface area contributed by atoms with Crippen molar-refractivity contribution in [1.29, 1.82) is 0 Å². The highest BCUT2D eigenvalue weighted by Gasteiger charge is 2.36. The maximum Gasteiger partial charge on any atom is 0.410 e. The Kier molecular flexibility index (Phi) is 16.6. The van der Waals surface area contributed by atoms with Crippen molar-refractivity contribution in [1.82, 2.24) is 4.90 Å². The van der Waals surface area contributed by atoms with Crippen molar-refractivity contribution in [3.05, 3.63) is 12.2 Å². The van der Waals surface area contributed by atoms with Crippen LogP contribution in [0.1, 0.15) is 124 Å². The Hall–Kier alpha value is -1.07. The van der Waals surface area contributed by atoms with Crippen molar-refractivity contribution in [3.63, 3.8) is 0 Å². The van der Waals surface area contributed by atoms with Gasteiger partial charge in [0.2, 0.25) is 0 Å². The molecule has 1 aliphatic rings. The zero-order valence-electron chi connectivity index (χ0n) is 22.2. The number of allylic oxidation sites excluding steroid dienone is 2. The van der Waals surface area contributed by atoms with E-state index in [0.717, 1.165) is 13.0 Å². The summed E-state index contributed by atoms with van der Waals surface area (Å²) in [6.45, 7) is 9.37. The van der Waals surface area contributed by atoms with Gasteiger partial charge in [-0.05, 0) is 59.3 Å². The lowest BCUT2D eigenvalue weighted by molar-refractivity contribution is 0.00955. The highest BCUT2D eigenvalue weighted by molar-refractivity contribution is 5.69. The molecule has 1 rings (SSSR count). The highest BCUT2D eigenvalue weighted by atomic mass is 16.6. The molecule has 33 heavy (non-hydrogen) atoms. The van der Waals surface area contributed by atoms with E-state index in [9.17, 15) is 9.90 Å². The minimum atomic E-state index is -0.528. The van der Waals surface area contributed by atoms with Crippen LogP contribution in [0.5, 0.6) is 0 Å². The number of ether oxygens (including phenoxy) is 2. The molecule has 0 aliphatic carbocycles. The number of amides is 1. The minimum Gasteiger partial charge on any atom is -0.444 e. The Morgan fingerprint density at radius 1 is 0.909 bits per heavy atom. The Balaban J connectivity index is 1.94. The van der Waals surface area contributed by atoms with Crippen molar-refractivity contribution in [2.75, 3.05) is 19.8 Å². The lowest BCUT2D eigenvalue weighted by Crippen LogP contribution is -2.42. The van der Waals surface area contributed by atoms with Gasteiger partial charge in [0, 0.05) is 6.61 Å². The molecule has 1 amide bonds. The summed E-state index contributed by atoms with van der Waals surface area (Å²) in [5.41, 5.74) is -0.528. The predicted octanol–water partition coefficient (Wildman–Crippen LogP) is 7.41. The van der Waals surface area contributed by atoms with E-state index in [1.807, 2.05) is 20.8 Å². The first kappa shape index (κ1) is 30.0.